The second kappa shape index (κ2) is 9.54. The van der Waals surface area contributed by atoms with E-state index in [1.165, 1.54) is 24.9 Å². The van der Waals surface area contributed by atoms with Crippen LogP contribution in [0.3, 0.4) is 0 Å². The van der Waals surface area contributed by atoms with E-state index >= 15 is 0 Å². The molecule has 7 nitrogen and oxygen atoms in total. The average Bonchev–Trinajstić information content (AvgIpc) is 3.25. The summed E-state index contributed by atoms with van der Waals surface area (Å²) in [6.07, 6.45) is 4.75. The predicted molar refractivity (Wildman–Crippen MR) is 131 cm³/mol. The fourth-order valence-electron chi connectivity index (χ4n) is 3.55. The Morgan fingerprint density at radius 3 is 2.32 bits per heavy atom. The molecule has 1 heterocycles. The van der Waals surface area contributed by atoms with Crippen LogP contribution in [-0.2, 0) is 0 Å². The molecule has 0 atom stereocenters. The zero-order valence-corrected chi connectivity index (χ0v) is 19.0. The third kappa shape index (κ3) is 4.63. The largest absolute Gasteiger partial charge is 0.502 e. The van der Waals surface area contributed by atoms with E-state index in [1.54, 1.807) is 48.7 Å². The quantitative estimate of drug-likeness (QED) is 0.309. The van der Waals surface area contributed by atoms with Crippen molar-refractivity contribution in [2.75, 3.05) is 14.2 Å². The number of nitrogens with one attached hydrogen (secondary N) is 1. The van der Waals surface area contributed by atoms with Crippen LogP contribution in [0.2, 0.25) is 0 Å². The van der Waals surface area contributed by atoms with E-state index in [0.717, 1.165) is 11.1 Å². The van der Waals surface area contributed by atoms with E-state index in [-0.39, 0.29) is 28.7 Å². The summed E-state index contributed by atoms with van der Waals surface area (Å²) in [6.45, 7) is 2.00. The molecule has 4 rings (SSSR count). The van der Waals surface area contributed by atoms with E-state index in [1.807, 2.05) is 31.2 Å². The lowest BCUT2D eigenvalue weighted by molar-refractivity contribution is 0.104. The Labute approximate surface area is 196 Å². The van der Waals surface area contributed by atoms with Crippen LogP contribution in [0.4, 0.5) is 0 Å². The lowest BCUT2D eigenvalue weighted by atomic mass is 10.1. The van der Waals surface area contributed by atoms with Gasteiger partial charge in [-0.3, -0.25) is 9.36 Å². The molecule has 7 heteroatoms. The van der Waals surface area contributed by atoms with Gasteiger partial charge in [-0.25, -0.2) is 4.79 Å². The van der Waals surface area contributed by atoms with E-state index in [9.17, 15) is 14.7 Å². The molecule has 0 spiro atoms. The third-order valence-corrected chi connectivity index (χ3v) is 5.42. The van der Waals surface area contributed by atoms with Crippen LogP contribution in [0.15, 0.2) is 77.7 Å². The van der Waals surface area contributed by atoms with Gasteiger partial charge in [0, 0.05) is 11.8 Å². The summed E-state index contributed by atoms with van der Waals surface area (Å²) in [7, 11) is 2.87. The fourth-order valence-corrected chi connectivity index (χ4v) is 3.55. The number of carbonyl (C=O) groups excluding carboxylic acids is 1. The SMILES string of the molecule is COc1cc(/C=C/C(=O)c2cccc(-n3cc(-c4ccc(C)cc4)[nH]c3=O)c2)cc(OC)c1O. The number of hydrogen-bond acceptors (Lipinski definition) is 5. The third-order valence-electron chi connectivity index (χ3n) is 5.42. The summed E-state index contributed by atoms with van der Waals surface area (Å²) < 4.78 is 11.8. The minimum atomic E-state index is -0.293. The van der Waals surface area contributed by atoms with Gasteiger partial charge in [-0.2, -0.15) is 0 Å². The van der Waals surface area contributed by atoms with Crippen molar-refractivity contribution in [3.05, 3.63) is 100 Å². The van der Waals surface area contributed by atoms with Crippen molar-refractivity contribution < 1.29 is 19.4 Å². The number of allylic oxidation sites excluding steroid dienone is 1. The molecule has 0 aliphatic rings. The van der Waals surface area contributed by atoms with Crippen LogP contribution in [0, 0.1) is 6.92 Å². The van der Waals surface area contributed by atoms with Crippen LogP contribution in [0.25, 0.3) is 23.0 Å². The maximum atomic E-state index is 12.8. The van der Waals surface area contributed by atoms with Gasteiger partial charge in [0.05, 0.1) is 25.6 Å². The number of aromatic hydroxyl groups is 1. The maximum Gasteiger partial charge on any atom is 0.330 e. The number of phenols is 1. The molecule has 0 aliphatic heterocycles. The summed E-state index contributed by atoms with van der Waals surface area (Å²) in [6, 6.07) is 17.9. The molecule has 0 bridgehead atoms. The smallest absolute Gasteiger partial charge is 0.330 e. The predicted octanol–water partition coefficient (Wildman–Crippen LogP) is 4.76. The minimum Gasteiger partial charge on any atom is -0.502 e. The van der Waals surface area contributed by atoms with Gasteiger partial charge in [-0.1, -0.05) is 48.0 Å². The highest BCUT2D eigenvalue weighted by atomic mass is 16.5. The number of aromatic nitrogens is 2. The standard InChI is InChI=1S/C27H24N2O5/c1-17-7-10-19(11-8-17)22-16-29(27(32)28-22)21-6-4-5-20(15-21)23(30)12-9-18-13-24(33-2)26(31)25(14-18)34-3/h4-16,31H,1-3H3,(H,28,32)/b12-9+. The average molecular weight is 456 g/mol. The first-order chi connectivity index (χ1) is 16.4. The molecule has 0 unspecified atom stereocenters. The van der Waals surface area contributed by atoms with E-state index in [0.29, 0.717) is 22.5 Å². The summed E-state index contributed by atoms with van der Waals surface area (Å²) in [5, 5.41) is 10.0. The Bertz CT molecular complexity index is 1400. The number of ether oxygens (including phenoxy) is 2. The first kappa shape index (κ1) is 22.7. The van der Waals surface area contributed by atoms with Gasteiger partial charge >= 0.3 is 5.69 Å². The fraction of sp³-hybridized carbons (Fsp3) is 0.111. The van der Waals surface area contributed by atoms with Gasteiger partial charge in [-0.05, 0) is 48.4 Å². The van der Waals surface area contributed by atoms with Crippen molar-refractivity contribution in [1.29, 1.82) is 0 Å². The molecule has 4 aromatic rings. The molecular weight excluding hydrogens is 432 g/mol. The number of aromatic amines is 1. The van der Waals surface area contributed by atoms with Crippen molar-refractivity contribution in [3.8, 4) is 34.2 Å². The highest BCUT2D eigenvalue weighted by molar-refractivity contribution is 6.07. The van der Waals surface area contributed by atoms with E-state index < -0.39 is 0 Å². The summed E-state index contributed by atoms with van der Waals surface area (Å²) >= 11 is 0. The number of hydrogen-bond donors (Lipinski definition) is 2. The molecule has 172 valence electrons. The number of rotatable bonds is 7. The molecule has 2 N–H and O–H groups in total. The second-order valence-corrected chi connectivity index (χ2v) is 7.73. The van der Waals surface area contributed by atoms with Crippen molar-refractivity contribution in [2.24, 2.45) is 0 Å². The molecule has 0 amide bonds. The van der Waals surface area contributed by atoms with Crippen LogP contribution in [-0.4, -0.2) is 34.7 Å². The number of phenolic OH excluding ortho intramolecular Hbond substituents is 1. The maximum absolute atomic E-state index is 12.8. The van der Waals surface area contributed by atoms with Crippen LogP contribution >= 0.6 is 0 Å². The highest BCUT2D eigenvalue weighted by Gasteiger charge is 2.12. The van der Waals surface area contributed by atoms with Crippen LogP contribution < -0.4 is 15.2 Å². The van der Waals surface area contributed by atoms with E-state index in [2.05, 4.69) is 4.98 Å². The Morgan fingerprint density at radius 2 is 1.68 bits per heavy atom. The molecular formula is C27H24N2O5. The zero-order chi connectivity index (χ0) is 24.2. The zero-order valence-electron chi connectivity index (χ0n) is 19.0. The van der Waals surface area contributed by atoms with Gasteiger partial charge < -0.3 is 19.6 Å². The number of methoxy groups -OCH3 is 2. The Hall–Kier alpha value is -4.52. The molecule has 0 saturated heterocycles. The first-order valence-electron chi connectivity index (χ1n) is 10.6. The molecule has 0 aliphatic carbocycles. The van der Waals surface area contributed by atoms with Gasteiger partial charge in [0.15, 0.2) is 17.3 Å². The highest BCUT2D eigenvalue weighted by Crippen LogP contribution is 2.37. The number of aryl methyl sites for hydroxylation is 1. The number of nitrogens with zero attached hydrogens (tertiary/aromatic N) is 1. The topological polar surface area (TPSA) is 93.6 Å². The lowest BCUT2D eigenvalue weighted by Crippen LogP contribution is -2.14. The van der Waals surface area contributed by atoms with E-state index in [4.69, 9.17) is 9.47 Å². The Kier molecular flexibility index (Phi) is 6.36. The number of H-pyrrole nitrogens is 1. The van der Waals surface area contributed by atoms with Gasteiger partial charge in [0.2, 0.25) is 5.75 Å². The van der Waals surface area contributed by atoms with Crippen molar-refractivity contribution >= 4 is 11.9 Å². The monoisotopic (exact) mass is 456 g/mol. The Morgan fingerprint density at radius 1 is 1.00 bits per heavy atom. The molecule has 0 radical (unpaired) electrons. The lowest BCUT2D eigenvalue weighted by Gasteiger charge is -2.09. The van der Waals surface area contributed by atoms with Gasteiger partial charge in [0.25, 0.3) is 0 Å². The molecule has 1 aromatic heterocycles. The number of imidazole rings is 1. The molecule has 0 fully saturated rings. The van der Waals surface area contributed by atoms with Gasteiger partial charge in [-0.15, -0.1) is 0 Å². The first-order valence-corrected chi connectivity index (χ1v) is 10.6. The summed E-state index contributed by atoms with van der Waals surface area (Å²) in [5.74, 6) is 0.132. The van der Waals surface area contributed by atoms with Crippen molar-refractivity contribution in [2.45, 2.75) is 6.92 Å². The minimum absolute atomic E-state index is 0.108. The van der Waals surface area contributed by atoms with Crippen LogP contribution in [0.5, 0.6) is 17.2 Å². The summed E-state index contributed by atoms with van der Waals surface area (Å²) in [4.78, 5) is 28.3. The molecule has 3 aromatic carbocycles. The number of carbonyl (C=O) groups is 1. The molecule has 0 saturated carbocycles. The summed E-state index contributed by atoms with van der Waals surface area (Å²) in [5.41, 5.74) is 4.06. The van der Waals surface area contributed by atoms with Crippen molar-refractivity contribution in [1.82, 2.24) is 9.55 Å². The number of benzene rings is 3. The van der Waals surface area contributed by atoms with Crippen molar-refractivity contribution in [3.63, 3.8) is 0 Å². The normalized spacial score (nSPS) is 11.0. The van der Waals surface area contributed by atoms with Crippen LogP contribution in [0.1, 0.15) is 21.5 Å². The molecule has 34 heavy (non-hydrogen) atoms. The Balaban J connectivity index is 1.60. The van der Waals surface area contributed by atoms with Gasteiger partial charge in [0.1, 0.15) is 0 Å². The number of ketones is 1. The second-order valence-electron chi connectivity index (χ2n) is 7.73.